The van der Waals surface area contributed by atoms with Gasteiger partial charge in [0.1, 0.15) is 46.9 Å². The summed E-state index contributed by atoms with van der Waals surface area (Å²) in [6.45, 7) is 14.3. The Balaban J connectivity index is 0.935. The first-order valence-electron chi connectivity index (χ1n) is 30.5. The third-order valence-corrected chi connectivity index (χ3v) is 17.8. The van der Waals surface area contributed by atoms with Crippen molar-refractivity contribution in [3.05, 3.63) is 124 Å². The van der Waals surface area contributed by atoms with E-state index in [-0.39, 0.29) is 81.9 Å². The Labute approximate surface area is 521 Å². The molecule has 4 aromatic rings. The number of fused-ring (bicyclic) bond motifs is 2. The molecule has 0 spiro atoms. The van der Waals surface area contributed by atoms with Gasteiger partial charge in [0.05, 0.1) is 31.7 Å². The van der Waals surface area contributed by atoms with Gasteiger partial charge in [-0.3, -0.25) is 43.5 Å². The summed E-state index contributed by atoms with van der Waals surface area (Å²) in [5.74, 6) is -6.78. The highest BCUT2D eigenvalue weighted by atomic mass is 19.1. The topological polar surface area (TPSA) is 252 Å². The summed E-state index contributed by atoms with van der Waals surface area (Å²) in [6.07, 6.45) is -0.903. The van der Waals surface area contributed by atoms with E-state index in [4.69, 9.17) is 14.2 Å². The van der Waals surface area contributed by atoms with Crippen molar-refractivity contribution in [2.45, 2.75) is 128 Å². The lowest BCUT2D eigenvalue weighted by atomic mass is 9.83. The van der Waals surface area contributed by atoms with Crippen LogP contribution in [0.15, 0.2) is 78.9 Å². The molecule has 0 aromatic heterocycles. The van der Waals surface area contributed by atoms with Crippen LogP contribution in [0.25, 0.3) is 0 Å². The third-order valence-electron chi connectivity index (χ3n) is 17.8. The van der Waals surface area contributed by atoms with E-state index < -0.39 is 107 Å². The maximum atomic E-state index is 15.2. The van der Waals surface area contributed by atoms with Crippen molar-refractivity contribution in [3.8, 4) is 0 Å². The van der Waals surface area contributed by atoms with Crippen LogP contribution in [0.4, 0.5) is 39.8 Å². The lowest BCUT2D eigenvalue weighted by Crippen LogP contribution is -2.64. The Bertz CT molecular complexity index is 3340. The highest BCUT2D eigenvalue weighted by Gasteiger charge is 2.49. The normalized spacial score (nSPS) is 22.1. The summed E-state index contributed by atoms with van der Waals surface area (Å²) in [5, 5.41) is 21.0. The lowest BCUT2D eigenvalue weighted by molar-refractivity contribution is -0.146. The van der Waals surface area contributed by atoms with Crippen molar-refractivity contribution in [1.29, 1.82) is 0 Å². The van der Waals surface area contributed by atoms with Crippen LogP contribution in [-0.4, -0.2) is 198 Å². The van der Waals surface area contributed by atoms with Crippen molar-refractivity contribution in [2.24, 2.45) is 5.92 Å². The van der Waals surface area contributed by atoms with E-state index in [1.54, 1.807) is 75.9 Å². The number of para-hydroxylation sites is 1. The number of halogens is 3. The number of nitrogens with one attached hydrogen (secondary N) is 4. The molecule has 90 heavy (non-hydrogen) atoms. The summed E-state index contributed by atoms with van der Waals surface area (Å²) in [6, 6.07) is 15.0. The van der Waals surface area contributed by atoms with Gasteiger partial charge in [-0.25, -0.2) is 22.8 Å². The summed E-state index contributed by atoms with van der Waals surface area (Å²) in [5.41, 5.74) is 0.959. The smallest absolute Gasteiger partial charge is 0.410 e. The number of likely N-dealkylation sites (N-methyl/N-ethyl adjacent to an activating group) is 1. The van der Waals surface area contributed by atoms with Crippen LogP contribution in [0, 0.1) is 23.4 Å². The van der Waals surface area contributed by atoms with E-state index in [1.807, 2.05) is 24.0 Å². The lowest BCUT2D eigenvalue weighted by Gasteiger charge is -2.47. The quantitative estimate of drug-likeness (QED) is 0.0828. The van der Waals surface area contributed by atoms with Gasteiger partial charge in [-0.05, 0) is 144 Å². The van der Waals surface area contributed by atoms with Gasteiger partial charge >= 0.3 is 12.2 Å². The molecule has 5 aliphatic rings. The molecular formula is C65H81F3N10O12. The second-order valence-corrected chi connectivity index (χ2v) is 25.4. The predicted molar refractivity (Wildman–Crippen MR) is 327 cm³/mol. The second kappa shape index (κ2) is 27.9. The first kappa shape index (κ1) is 66.3. The fraction of sp³-hybridized carbons (Fsp3) is 0.508. The third kappa shape index (κ3) is 15.4. The molecule has 5 N–H and O–H groups in total. The minimum atomic E-state index is -1.38. The molecule has 484 valence electrons. The van der Waals surface area contributed by atoms with Gasteiger partial charge in [-0.2, -0.15) is 0 Å². The summed E-state index contributed by atoms with van der Waals surface area (Å²) in [4.78, 5) is 122. The minimum absolute atomic E-state index is 0.0729. The number of rotatable bonds is 17. The number of morpholine rings is 1. The van der Waals surface area contributed by atoms with Crippen LogP contribution in [0.5, 0.6) is 0 Å². The predicted octanol–water partition coefficient (Wildman–Crippen LogP) is 5.89. The van der Waals surface area contributed by atoms with Crippen molar-refractivity contribution >= 4 is 64.7 Å². The molecule has 25 heteroatoms. The van der Waals surface area contributed by atoms with Gasteiger partial charge in [-0.1, -0.05) is 36.4 Å². The van der Waals surface area contributed by atoms with Crippen LogP contribution in [0.3, 0.4) is 0 Å². The number of carbonyl (C=O) groups excluding carboxylic acids is 7. The fourth-order valence-electron chi connectivity index (χ4n) is 12.5. The van der Waals surface area contributed by atoms with Crippen molar-refractivity contribution in [2.75, 3.05) is 94.8 Å². The van der Waals surface area contributed by atoms with Gasteiger partial charge in [0.15, 0.2) is 0 Å². The number of ether oxygens (including phenoxy) is 3. The van der Waals surface area contributed by atoms with Crippen molar-refractivity contribution in [3.63, 3.8) is 0 Å². The fourth-order valence-corrected chi connectivity index (χ4v) is 12.5. The van der Waals surface area contributed by atoms with Crippen LogP contribution < -0.4 is 26.2 Å². The molecule has 0 saturated carbocycles. The maximum absolute atomic E-state index is 15.2. The molecule has 3 fully saturated rings. The first-order chi connectivity index (χ1) is 42.7. The van der Waals surface area contributed by atoms with Gasteiger partial charge in [0.2, 0.25) is 35.4 Å². The number of anilines is 3. The SMILES string of the molecule is C[C@@H]1COCCN1C[C@H]1CN(C(=O)O)[C@H](C)CN1CC(=O)N1CC(C)(C(=O)NCC(=O)Nc2ccc3c(c2)CN(C(=O)[C@@H](NC(=O)[C@H](C)N(C)C(=O)OC(C)(C)C)C2CCOCC2)[C@H](C(=O)Nc2c(F)cccc2F)C3)c2ccc(Cc3ccc(F)cc3)cc21. The van der Waals surface area contributed by atoms with E-state index in [0.29, 0.717) is 67.9 Å². The molecule has 22 nitrogen and oxygen atoms in total. The van der Waals surface area contributed by atoms with Crippen LogP contribution in [0.2, 0.25) is 0 Å². The summed E-state index contributed by atoms with van der Waals surface area (Å²) < 4.78 is 60.8. The number of carboxylic acid groups (broad SMARTS) is 1. The van der Waals surface area contributed by atoms with Crippen LogP contribution >= 0.6 is 0 Å². The number of nitrogens with zero attached hydrogens (tertiary/aromatic N) is 6. The van der Waals surface area contributed by atoms with E-state index in [2.05, 4.69) is 26.2 Å². The molecule has 9 rings (SSSR count). The molecule has 8 amide bonds. The Morgan fingerprint density at radius 3 is 2.20 bits per heavy atom. The number of piperazine rings is 1. The van der Waals surface area contributed by atoms with Crippen molar-refractivity contribution in [1.82, 2.24) is 35.1 Å². The molecule has 5 aliphatic heterocycles. The Hall–Kier alpha value is -8.13. The molecule has 3 saturated heterocycles. The van der Waals surface area contributed by atoms with Crippen LogP contribution in [0.1, 0.15) is 89.1 Å². The van der Waals surface area contributed by atoms with Crippen LogP contribution in [-0.2, 0) is 67.8 Å². The number of amides is 8. The summed E-state index contributed by atoms with van der Waals surface area (Å²) in [7, 11) is 1.39. The number of benzene rings is 4. The number of hydrogen-bond donors (Lipinski definition) is 5. The van der Waals surface area contributed by atoms with Gasteiger partial charge in [0, 0.05) is 95.5 Å². The molecule has 7 atom stereocenters. The maximum Gasteiger partial charge on any atom is 0.410 e. The van der Waals surface area contributed by atoms with Gasteiger partial charge < -0.3 is 55.3 Å². The Kier molecular flexibility index (Phi) is 20.6. The van der Waals surface area contributed by atoms with E-state index >= 15 is 13.6 Å². The summed E-state index contributed by atoms with van der Waals surface area (Å²) >= 11 is 0. The minimum Gasteiger partial charge on any atom is -0.465 e. The Morgan fingerprint density at radius 1 is 0.822 bits per heavy atom. The number of hydrogen-bond acceptors (Lipinski definition) is 13. The van der Waals surface area contributed by atoms with E-state index in [0.717, 1.165) is 34.2 Å². The average molecular weight is 1250 g/mol. The van der Waals surface area contributed by atoms with Gasteiger partial charge in [-0.15, -0.1) is 0 Å². The van der Waals surface area contributed by atoms with E-state index in [1.165, 1.54) is 35.9 Å². The molecular weight excluding hydrogens is 1170 g/mol. The molecule has 1 unspecified atom stereocenters. The van der Waals surface area contributed by atoms with Crippen molar-refractivity contribution < 1.29 is 70.8 Å². The second-order valence-electron chi connectivity index (χ2n) is 25.4. The zero-order valence-corrected chi connectivity index (χ0v) is 52.1. The molecule has 5 heterocycles. The largest absolute Gasteiger partial charge is 0.465 e. The first-order valence-corrected chi connectivity index (χ1v) is 30.5. The standard InChI is InChI=1S/C65H81F3N10O12/c1-38-31-75(48(34-76(38)62(85)86)33-74-22-25-89-36-39(74)2)35-55(80)78-37-65(7,49-19-14-42(27-52(49)78)26-41-12-16-46(66)17-13-41)61(84)69-30-54(79)70-47-18-15-44-29-53(59(82)72-57-50(67)10-9-11-51(57)68)77(32-45(44)28-47)60(83)56(43-20-23-88-24-21-43)71-58(81)40(3)73(8)63(87)90-64(4,5)6/h9-19,27-28,38-40,43,48,53,56H,20-26,29-37H2,1-8H3,(H,69,84)(H,70,79)(H,71,81)(H,72,82)(H,85,86)/t38-,39-,40+,48+,53+,56+,65?/m1/s1. The average Bonchev–Trinajstić information content (AvgIpc) is 1.61. The zero-order chi connectivity index (χ0) is 64.9. The number of carbonyl (C=O) groups is 8. The molecule has 0 bridgehead atoms. The molecule has 0 radical (unpaired) electrons. The monoisotopic (exact) mass is 1250 g/mol. The zero-order valence-electron chi connectivity index (χ0n) is 52.1. The molecule has 0 aliphatic carbocycles. The van der Waals surface area contributed by atoms with E-state index in [9.17, 15) is 43.1 Å². The highest BCUT2D eigenvalue weighted by molar-refractivity contribution is 6.04. The Morgan fingerprint density at radius 2 is 1.52 bits per heavy atom. The highest BCUT2D eigenvalue weighted by Crippen LogP contribution is 2.42. The molecule has 4 aromatic carbocycles. The van der Waals surface area contributed by atoms with Gasteiger partial charge in [0.25, 0.3) is 0 Å².